The van der Waals surface area contributed by atoms with E-state index in [0.29, 0.717) is 33.5 Å². The molecule has 3 aromatic carbocycles. The standard InChI is InChI=1S/C41H43ClN7O6PS/c1-24(2)54-41(51)26(4)48-56(52,55-34-12-8-7-9-13-34)53-23-31-16-19-33(21-30(31)11-10-20-43)44-36(50)22-35-39-47-46-28(6)49(39)40-37(25(3)27(5)57-40)38(45-35)29-14-17-32(42)18-15-29/h7-9,12-19,21,24,26,35H,20,22-23,43H2,1-6H3,(H,44,50)(H,48,52)/t26-,35-,56?/m0/s1. The number of nitrogens with two attached hydrogens (primary N) is 1. The molecule has 1 aliphatic rings. The van der Waals surface area contributed by atoms with Crippen LogP contribution in [0.3, 0.4) is 0 Å². The van der Waals surface area contributed by atoms with Crippen molar-refractivity contribution >= 4 is 54.0 Å². The quantitative estimate of drug-likeness (QED) is 0.0605. The molecule has 3 heterocycles. The Kier molecular flexibility index (Phi) is 13.1. The molecule has 0 saturated heterocycles. The fourth-order valence-electron chi connectivity index (χ4n) is 6.05. The number of carbonyl (C=O) groups excluding carboxylic acids is 2. The predicted molar refractivity (Wildman–Crippen MR) is 222 cm³/mol. The fraction of sp³-hybridized carbons (Fsp3) is 0.293. The van der Waals surface area contributed by atoms with E-state index in [0.717, 1.165) is 32.3 Å². The smallest absolute Gasteiger partial charge is 0.459 e. The van der Waals surface area contributed by atoms with Gasteiger partial charge in [0.2, 0.25) is 5.91 Å². The number of benzene rings is 3. The van der Waals surface area contributed by atoms with Gasteiger partial charge in [0.15, 0.2) is 5.82 Å². The number of aromatic nitrogens is 3. The third kappa shape index (κ3) is 9.88. The van der Waals surface area contributed by atoms with Crippen molar-refractivity contribution in [1.82, 2.24) is 19.9 Å². The predicted octanol–water partition coefficient (Wildman–Crippen LogP) is 7.77. The first kappa shape index (κ1) is 41.5. The van der Waals surface area contributed by atoms with E-state index in [1.165, 1.54) is 6.92 Å². The molecule has 1 aliphatic heterocycles. The van der Waals surface area contributed by atoms with Gasteiger partial charge in [-0.05, 0) is 89.1 Å². The molecule has 0 radical (unpaired) electrons. The van der Waals surface area contributed by atoms with Gasteiger partial charge in [-0.15, -0.1) is 21.5 Å². The molecule has 0 aliphatic carbocycles. The Morgan fingerprint density at radius 2 is 1.77 bits per heavy atom. The molecule has 0 saturated carbocycles. The number of esters is 1. The van der Waals surface area contributed by atoms with Crippen LogP contribution in [0.4, 0.5) is 5.69 Å². The van der Waals surface area contributed by atoms with E-state index >= 15 is 0 Å². The number of anilines is 1. The second-order valence-corrected chi connectivity index (χ2v) is 16.9. The molecule has 6 rings (SSSR count). The normalized spacial score (nSPS) is 14.9. The van der Waals surface area contributed by atoms with Crippen molar-refractivity contribution in [2.75, 3.05) is 11.9 Å². The van der Waals surface area contributed by atoms with Crippen molar-refractivity contribution < 1.29 is 27.9 Å². The number of nitrogens with one attached hydrogen (secondary N) is 2. The highest BCUT2D eigenvalue weighted by Crippen LogP contribution is 2.46. The number of rotatable bonds is 13. The number of hydrogen-bond acceptors (Lipinski definition) is 11. The largest absolute Gasteiger partial charge is 0.462 e. The van der Waals surface area contributed by atoms with E-state index in [4.69, 9.17) is 36.1 Å². The Balaban J connectivity index is 1.26. The average Bonchev–Trinajstić information content (AvgIpc) is 3.65. The maximum absolute atomic E-state index is 14.1. The molecule has 4 N–H and O–H groups in total. The summed E-state index contributed by atoms with van der Waals surface area (Å²) in [7, 11) is -4.17. The molecular weight excluding hydrogens is 785 g/mol. The molecule has 1 amide bonds. The summed E-state index contributed by atoms with van der Waals surface area (Å²) in [5.74, 6) is 6.43. The minimum Gasteiger partial charge on any atom is -0.462 e. The van der Waals surface area contributed by atoms with Crippen LogP contribution in [-0.4, -0.2) is 51.0 Å². The third-order valence-electron chi connectivity index (χ3n) is 8.87. The summed E-state index contributed by atoms with van der Waals surface area (Å²) in [5, 5.41) is 16.1. The number of para-hydroxylation sites is 1. The van der Waals surface area contributed by atoms with Gasteiger partial charge in [0, 0.05) is 32.3 Å². The fourth-order valence-corrected chi connectivity index (χ4v) is 8.86. The first-order chi connectivity index (χ1) is 27.2. The van der Waals surface area contributed by atoms with Crippen LogP contribution in [0.2, 0.25) is 5.02 Å². The molecule has 0 fully saturated rings. The zero-order chi connectivity index (χ0) is 40.9. The van der Waals surface area contributed by atoms with Crippen molar-refractivity contribution in [2.24, 2.45) is 10.7 Å². The summed E-state index contributed by atoms with van der Waals surface area (Å²) in [6.45, 7) is 10.8. The van der Waals surface area contributed by atoms with Crippen molar-refractivity contribution in [3.8, 4) is 22.6 Å². The lowest BCUT2D eigenvalue weighted by molar-refractivity contribution is -0.149. The summed E-state index contributed by atoms with van der Waals surface area (Å²) in [4.78, 5) is 32.8. The van der Waals surface area contributed by atoms with E-state index in [-0.39, 0.29) is 37.3 Å². The van der Waals surface area contributed by atoms with Crippen LogP contribution in [0.5, 0.6) is 5.75 Å². The van der Waals surface area contributed by atoms with Gasteiger partial charge >= 0.3 is 13.7 Å². The number of amides is 1. The third-order valence-corrected chi connectivity index (χ3v) is 11.9. The summed E-state index contributed by atoms with van der Waals surface area (Å²) in [6, 6.07) is 19.3. The number of aryl methyl sites for hydroxylation is 2. The van der Waals surface area contributed by atoms with Crippen molar-refractivity contribution in [2.45, 2.75) is 72.8 Å². The lowest BCUT2D eigenvalue weighted by atomic mass is 9.99. The minimum atomic E-state index is -4.17. The molecule has 5 aromatic rings. The number of aliphatic imine (C=N–C) groups is 1. The van der Waals surface area contributed by atoms with Gasteiger partial charge in [-0.2, -0.15) is 5.09 Å². The zero-order valence-electron chi connectivity index (χ0n) is 32.3. The van der Waals surface area contributed by atoms with Gasteiger partial charge in [-0.25, -0.2) is 4.57 Å². The van der Waals surface area contributed by atoms with Crippen molar-refractivity contribution in [1.29, 1.82) is 0 Å². The highest BCUT2D eigenvalue weighted by molar-refractivity contribution is 7.52. The van der Waals surface area contributed by atoms with E-state index in [1.807, 2.05) is 35.8 Å². The molecule has 2 aromatic heterocycles. The highest BCUT2D eigenvalue weighted by Gasteiger charge is 2.34. The monoisotopic (exact) mass is 827 g/mol. The number of ether oxygens (including phenoxy) is 1. The molecule has 57 heavy (non-hydrogen) atoms. The van der Waals surface area contributed by atoms with Crippen molar-refractivity contribution in [3.05, 3.63) is 122 Å². The molecule has 3 atom stereocenters. The highest BCUT2D eigenvalue weighted by atomic mass is 35.5. The molecular formula is C41H43ClN7O6PS. The van der Waals surface area contributed by atoms with Gasteiger partial charge in [0.25, 0.3) is 0 Å². The molecule has 0 spiro atoms. The van der Waals surface area contributed by atoms with Crippen LogP contribution in [0.1, 0.15) is 77.6 Å². The maximum atomic E-state index is 14.1. The van der Waals surface area contributed by atoms with E-state index in [9.17, 15) is 14.2 Å². The molecule has 1 unspecified atom stereocenters. The van der Waals surface area contributed by atoms with Gasteiger partial charge < -0.3 is 20.3 Å². The summed E-state index contributed by atoms with van der Waals surface area (Å²) < 4.78 is 33.1. The average molecular weight is 828 g/mol. The van der Waals surface area contributed by atoms with Crippen molar-refractivity contribution in [3.63, 3.8) is 0 Å². The summed E-state index contributed by atoms with van der Waals surface area (Å²) in [5.41, 5.74) is 10.8. The lowest BCUT2D eigenvalue weighted by Crippen LogP contribution is -2.36. The molecule has 16 heteroatoms. The molecule has 0 bridgehead atoms. The SMILES string of the molecule is Cc1sc2c(c1C)C(c1ccc(Cl)cc1)=N[C@@H](CC(=O)Nc1ccc(COP(=O)(N[C@@H](C)C(=O)OC(C)C)Oc3ccccc3)c(C#CCN)c1)c1nnc(C)n1-2. The lowest BCUT2D eigenvalue weighted by Gasteiger charge is -2.23. The Hall–Kier alpha value is -5.13. The van der Waals surface area contributed by atoms with E-state index in [1.54, 1.807) is 73.7 Å². The van der Waals surface area contributed by atoms with E-state index in [2.05, 4.69) is 46.3 Å². The van der Waals surface area contributed by atoms with Crippen LogP contribution < -0.4 is 20.7 Å². The Morgan fingerprint density at radius 1 is 1.04 bits per heavy atom. The minimum absolute atomic E-state index is 0.0417. The summed E-state index contributed by atoms with van der Waals surface area (Å²) in [6.07, 6.45) is -0.418. The van der Waals surface area contributed by atoms with Crippen LogP contribution in [0, 0.1) is 32.6 Å². The van der Waals surface area contributed by atoms with Gasteiger partial charge in [0.05, 0.1) is 31.4 Å². The molecule has 13 nitrogen and oxygen atoms in total. The Bertz CT molecular complexity index is 2420. The topological polar surface area (TPSA) is 172 Å². The number of carbonyl (C=O) groups is 2. The molecule has 296 valence electrons. The number of nitrogens with zero attached hydrogens (tertiary/aromatic N) is 4. The zero-order valence-corrected chi connectivity index (χ0v) is 34.8. The van der Waals surface area contributed by atoms with Crippen LogP contribution in [0.25, 0.3) is 5.00 Å². The number of hydrogen-bond donors (Lipinski definition) is 3. The van der Waals surface area contributed by atoms with Gasteiger partial charge in [-0.1, -0.05) is 59.8 Å². The number of halogens is 1. The van der Waals surface area contributed by atoms with Gasteiger partial charge in [0.1, 0.15) is 28.7 Å². The van der Waals surface area contributed by atoms with Crippen LogP contribution in [0.15, 0.2) is 77.8 Å². The van der Waals surface area contributed by atoms with Crippen LogP contribution >= 0.6 is 30.7 Å². The Labute approximate surface area is 340 Å². The second-order valence-electron chi connectivity index (χ2n) is 13.5. The second kappa shape index (κ2) is 18.0. The maximum Gasteiger partial charge on any atom is 0.459 e. The number of fused-ring (bicyclic) bond motifs is 3. The first-order valence-corrected chi connectivity index (χ1v) is 20.9. The Morgan fingerprint density at radius 3 is 2.47 bits per heavy atom. The van der Waals surface area contributed by atoms with Crippen LogP contribution in [-0.2, 0) is 30.0 Å². The number of thiophene rings is 1. The first-order valence-electron chi connectivity index (χ1n) is 18.2. The van der Waals surface area contributed by atoms with Gasteiger partial charge in [-0.3, -0.25) is 23.7 Å². The van der Waals surface area contributed by atoms with E-state index < -0.39 is 25.8 Å². The summed E-state index contributed by atoms with van der Waals surface area (Å²) >= 11 is 7.89.